The molecule has 0 saturated heterocycles. The van der Waals surface area contributed by atoms with E-state index in [4.69, 9.17) is 23.9 Å². The van der Waals surface area contributed by atoms with Crippen molar-refractivity contribution < 1.29 is 50.5 Å². The van der Waals surface area contributed by atoms with Crippen molar-refractivity contribution in [3.05, 3.63) is 83.1 Å². The molecule has 0 aliphatic heterocycles. The van der Waals surface area contributed by atoms with Crippen LogP contribution in [0, 0.1) is 11.6 Å². The molecular weight excluding hydrogens is 653 g/mol. The number of hydrogen-bond acceptors (Lipinski definition) is 8. The molecule has 0 fully saturated rings. The fraction of sp³-hybridized carbons (Fsp3) is 0.343. The molecule has 1 heterocycles. The van der Waals surface area contributed by atoms with Crippen LogP contribution in [-0.4, -0.2) is 70.2 Å². The molecule has 0 radical (unpaired) electrons. The summed E-state index contributed by atoms with van der Waals surface area (Å²) in [6.07, 6.45) is -3.14. The summed E-state index contributed by atoms with van der Waals surface area (Å²) in [5, 5.41) is 5.64. The van der Waals surface area contributed by atoms with Gasteiger partial charge in [-0.2, -0.15) is 13.2 Å². The number of nitrogens with zero attached hydrogens (tertiary/aromatic N) is 1. The van der Waals surface area contributed by atoms with E-state index in [2.05, 4.69) is 5.32 Å². The molecule has 4 aromatic rings. The van der Waals surface area contributed by atoms with Crippen LogP contribution in [0.15, 0.2) is 54.7 Å². The third-order valence-electron chi connectivity index (χ3n) is 7.90. The van der Waals surface area contributed by atoms with E-state index >= 15 is 8.78 Å². The fourth-order valence-electron chi connectivity index (χ4n) is 5.45. The molecule has 2 atom stereocenters. The standard InChI is InChI=1S/C35H36F5N3O6/c1-6-29(35(38,39)40)42-21-16-24(36)30(25(37)17-21)33(44)43-26(34(45)49-5)15-20-18-41-32(23-10-8-7-9-22(20)23)31-27(47-3)13-19(11-12-46-2)14-28(31)48-4/h7-10,13-14,16-18,26,29,42H,6,11-12,15H2,1-5H3,(H,43,44)/t26-,29+/m0/s1. The van der Waals surface area contributed by atoms with Crippen LogP contribution in [-0.2, 0) is 27.1 Å². The third kappa shape index (κ3) is 8.37. The molecular formula is C35H36F5N3O6. The van der Waals surface area contributed by atoms with Gasteiger partial charge >= 0.3 is 12.1 Å². The van der Waals surface area contributed by atoms with Gasteiger partial charge in [-0.25, -0.2) is 13.6 Å². The fourth-order valence-corrected chi connectivity index (χ4v) is 5.45. The second-order valence-corrected chi connectivity index (χ2v) is 11.0. The lowest BCUT2D eigenvalue weighted by atomic mass is 9.95. The summed E-state index contributed by atoms with van der Waals surface area (Å²) in [5.41, 5.74) is 0.918. The van der Waals surface area contributed by atoms with Crippen LogP contribution in [0.1, 0.15) is 34.8 Å². The number of rotatable bonds is 14. The van der Waals surface area contributed by atoms with Crippen molar-refractivity contribution in [3.63, 3.8) is 0 Å². The van der Waals surface area contributed by atoms with Gasteiger partial charge in [0.05, 0.1) is 39.2 Å². The van der Waals surface area contributed by atoms with Gasteiger partial charge in [0.15, 0.2) is 0 Å². The van der Waals surface area contributed by atoms with Gasteiger partial charge in [0.2, 0.25) is 0 Å². The Labute approximate surface area is 279 Å². The number of methoxy groups -OCH3 is 4. The number of halogens is 5. The molecule has 14 heteroatoms. The van der Waals surface area contributed by atoms with E-state index < -0.39 is 59.4 Å². The number of anilines is 1. The van der Waals surface area contributed by atoms with Gasteiger partial charge in [-0.05, 0) is 53.6 Å². The van der Waals surface area contributed by atoms with Crippen LogP contribution >= 0.6 is 0 Å². The zero-order valence-electron chi connectivity index (χ0n) is 27.5. The van der Waals surface area contributed by atoms with Crippen LogP contribution < -0.4 is 20.1 Å². The number of alkyl halides is 3. The Hall–Kier alpha value is -4.98. The third-order valence-corrected chi connectivity index (χ3v) is 7.90. The summed E-state index contributed by atoms with van der Waals surface area (Å²) in [7, 11) is 5.74. The van der Waals surface area contributed by atoms with Gasteiger partial charge < -0.3 is 29.6 Å². The SMILES string of the molecule is CC[C@@H](Nc1cc(F)c(C(=O)N[C@@H](Cc2cnc(-c3c(OC)cc(CCOC)cc3OC)c3ccccc23)C(=O)OC)c(F)c1)C(F)(F)F. The average Bonchev–Trinajstić information content (AvgIpc) is 3.07. The van der Waals surface area contributed by atoms with E-state index in [9.17, 15) is 22.8 Å². The van der Waals surface area contributed by atoms with Crippen LogP contribution in [0.3, 0.4) is 0 Å². The minimum Gasteiger partial charge on any atom is -0.496 e. The maximum Gasteiger partial charge on any atom is 0.408 e. The highest BCUT2D eigenvalue weighted by Gasteiger charge is 2.38. The smallest absolute Gasteiger partial charge is 0.408 e. The first kappa shape index (κ1) is 36.8. The van der Waals surface area contributed by atoms with E-state index in [1.807, 2.05) is 23.5 Å². The molecule has 0 aliphatic carbocycles. The van der Waals surface area contributed by atoms with Gasteiger partial charge in [-0.15, -0.1) is 0 Å². The number of fused-ring (bicyclic) bond motifs is 1. The Bertz CT molecular complexity index is 1770. The maximum absolute atomic E-state index is 15.0. The molecule has 4 rings (SSSR count). The molecule has 0 aliphatic rings. The summed E-state index contributed by atoms with van der Waals surface area (Å²) in [6, 6.07) is 8.57. The average molecular weight is 690 g/mol. The second-order valence-electron chi connectivity index (χ2n) is 11.0. The molecule has 9 nitrogen and oxygen atoms in total. The van der Waals surface area contributed by atoms with Crippen molar-refractivity contribution in [2.45, 2.75) is 44.4 Å². The summed E-state index contributed by atoms with van der Waals surface area (Å²) in [6.45, 7) is 1.75. The van der Waals surface area contributed by atoms with E-state index in [1.54, 1.807) is 25.3 Å². The van der Waals surface area contributed by atoms with Gasteiger partial charge in [0, 0.05) is 30.8 Å². The minimum absolute atomic E-state index is 0.191. The van der Waals surface area contributed by atoms with Crippen molar-refractivity contribution in [2.75, 3.05) is 40.4 Å². The van der Waals surface area contributed by atoms with E-state index in [1.165, 1.54) is 27.3 Å². The van der Waals surface area contributed by atoms with Crippen molar-refractivity contribution in [1.29, 1.82) is 0 Å². The molecule has 1 aromatic heterocycles. The number of carbonyl (C=O) groups excluding carboxylic acids is 2. The summed E-state index contributed by atoms with van der Waals surface area (Å²) >= 11 is 0. The number of nitrogens with one attached hydrogen (secondary N) is 2. The number of esters is 1. The number of pyridine rings is 1. The van der Waals surface area contributed by atoms with Gasteiger partial charge in [-0.1, -0.05) is 31.2 Å². The predicted octanol–water partition coefficient (Wildman–Crippen LogP) is 6.65. The van der Waals surface area contributed by atoms with Gasteiger partial charge in [0.1, 0.15) is 40.8 Å². The zero-order valence-corrected chi connectivity index (χ0v) is 27.5. The highest BCUT2D eigenvalue weighted by molar-refractivity contribution is 6.00. The molecule has 262 valence electrons. The zero-order chi connectivity index (χ0) is 35.9. The van der Waals surface area contributed by atoms with Crippen LogP contribution in [0.4, 0.5) is 27.6 Å². The van der Waals surface area contributed by atoms with E-state index in [0.29, 0.717) is 64.3 Å². The Morgan fingerprint density at radius 2 is 1.53 bits per heavy atom. The molecule has 0 unspecified atom stereocenters. The lowest BCUT2D eigenvalue weighted by Crippen LogP contribution is -2.43. The van der Waals surface area contributed by atoms with Crippen molar-refractivity contribution in [1.82, 2.24) is 10.3 Å². The number of benzene rings is 3. The predicted molar refractivity (Wildman–Crippen MR) is 173 cm³/mol. The highest BCUT2D eigenvalue weighted by atomic mass is 19.4. The number of amides is 1. The Morgan fingerprint density at radius 1 is 0.918 bits per heavy atom. The number of ether oxygens (including phenoxy) is 4. The number of aromatic nitrogens is 1. The van der Waals surface area contributed by atoms with Gasteiger partial charge in [0.25, 0.3) is 5.91 Å². The molecule has 49 heavy (non-hydrogen) atoms. The van der Waals surface area contributed by atoms with E-state index in [-0.39, 0.29) is 6.42 Å². The second kappa shape index (κ2) is 15.9. The number of hydrogen-bond donors (Lipinski definition) is 2. The monoisotopic (exact) mass is 689 g/mol. The minimum atomic E-state index is -4.67. The number of carbonyl (C=O) groups is 2. The summed E-state index contributed by atoms with van der Waals surface area (Å²) in [4.78, 5) is 30.7. The van der Waals surface area contributed by atoms with Crippen LogP contribution in [0.5, 0.6) is 11.5 Å². The molecule has 1 amide bonds. The largest absolute Gasteiger partial charge is 0.496 e. The Balaban J connectivity index is 1.69. The first-order chi connectivity index (χ1) is 23.4. The first-order valence-corrected chi connectivity index (χ1v) is 15.2. The van der Waals surface area contributed by atoms with Crippen LogP contribution in [0.25, 0.3) is 22.0 Å². The molecule has 0 spiro atoms. The van der Waals surface area contributed by atoms with Crippen molar-refractivity contribution in [3.8, 4) is 22.8 Å². The molecule has 0 bridgehead atoms. The van der Waals surface area contributed by atoms with Crippen LogP contribution in [0.2, 0.25) is 0 Å². The Morgan fingerprint density at radius 3 is 2.06 bits per heavy atom. The van der Waals surface area contributed by atoms with Crippen molar-refractivity contribution >= 4 is 28.3 Å². The Kier molecular flexibility index (Phi) is 12.0. The molecule has 3 aromatic carbocycles. The molecule has 0 saturated carbocycles. The van der Waals surface area contributed by atoms with E-state index in [0.717, 1.165) is 12.7 Å². The topological polar surface area (TPSA) is 108 Å². The maximum atomic E-state index is 15.0. The summed E-state index contributed by atoms with van der Waals surface area (Å²) < 4.78 is 91.1. The summed E-state index contributed by atoms with van der Waals surface area (Å²) in [5.74, 6) is -4.06. The quantitative estimate of drug-likeness (QED) is 0.112. The highest BCUT2D eigenvalue weighted by Crippen LogP contribution is 2.42. The normalized spacial score (nSPS) is 12.7. The lowest BCUT2D eigenvalue weighted by Gasteiger charge is -2.22. The van der Waals surface area contributed by atoms with Crippen molar-refractivity contribution in [2.24, 2.45) is 0 Å². The molecule has 2 N–H and O–H groups in total. The first-order valence-electron chi connectivity index (χ1n) is 15.2. The van der Waals surface area contributed by atoms with Gasteiger partial charge in [-0.3, -0.25) is 9.78 Å². The lowest BCUT2D eigenvalue weighted by molar-refractivity contribution is -0.143.